The van der Waals surface area contributed by atoms with Crippen molar-refractivity contribution in [1.82, 2.24) is 4.57 Å². The third-order valence-electron chi connectivity index (χ3n) is 6.97. The molecule has 0 radical (unpaired) electrons. The monoisotopic (exact) mass is 623 g/mol. The second kappa shape index (κ2) is 11.2. The molecule has 0 bridgehead atoms. The van der Waals surface area contributed by atoms with E-state index in [0.29, 0.717) is 53.9 Å². The zero-order valence-electron chi connectivity index (χ0n) is 23.0. The van der Waals surface area contributed by atoms with Crippen LogP contribution in [0.4, 0.5) is 5.69 Å². The van der Waals surface area contributed by atoms with Crippen molar-refractivity contribution in [3.63, 3.8) is 0 Å². The van der Waals surface area contributed by atoms with Gasteiger partial charge in [0.1, 0.15) is 10.3 Å². The van der Waals surface area contributed by atoms with E-state index in [9.17, 15) is 14.4 Å². The van der Waals surface area contributed by atoms with E-state index in [1.54, 1.807) is 25.0 Å². The van der Waals surface area contributed by atoms with Crippen molar-refractivity contribution in [2.24, 2.45) is 4.99 Å². The summed E-state index contributed by atoms with van der Waals surface area (Å²) in [5, 5.41) is 0. The number of carbonyl (C=O) groups excluding carboxylic acids is 2. The van der Waals surface area contributed by atoms with Gasteiger partial charge in [0, 0.05) is 11.6 Å². The summed E-state index contributed by atoms with van der Waals surface area (Å²) >= 11 is 4.74. The van der Waals surface area contributed by atoms with Gasteiger partial charge in [0.2, 0.25) is 0 Å². The molecule has 0 N–H and O–H groups in total. The van der Waals surface area contributed by atoms with Gasteiger partial charge in [-0.1, -0.05) is 48.9 Å². The Balaban J connectivity index is 1.85. The summed E-state index contributed by atoms with van der Waals surface area (Å²) in [5.74, 6) is -0.114. The van der Waals surface area contributed by atoms with Crippen molar-refractivity contribution in [3.8, 4) is 5.75 Å². The summed E-state index contributed by atoms with van der Waals surface area (Å²) in [6.45, 7) is 7.84. The molecule has 1 atom stereocenters. The minimum atomic E-state index is -0.790. The highest BCUT2D eigenvalue weighted by atomic mass is 79.9. The number of amides is 1. The minimum Gasteiger partial charge on any atom is -0.496 e. The van der Waals surface area contributed by atoms with Crippen LogP contribution in [0, 0.1) is 0 Å². The van der Waals surface area contributed by atoms with Crippen molar-refractivity contribution in [2.45, 2.75) is 52.6 Å². The molecule has 0 spiro atoms. The Bertz CT molecular complexity index is 1740. The van der Waals surface area contributed by atoms with E-state index in [1.165, 1.54) is 15.9 Å². The summed E-state index contributed by atoms with van der Waals surface area (Å²) in [5.41, 5.74) is 3.08. The van der Waals surface area contributed by atoms with Crippen molar-refractivity contribution in [3.05, 3.63) is 89.0 Å². The lowest BCUT2D eigenvalue weighted by atomic mass is 9.94. The molecular formula is C30H30BrN3O5S. The second-order valence-corrected chi connectivity index (χ2v) is 11.6. The Morgan fingerprint density at radius 1 is 1.15 bits per heavy atom. The third-order valence-corrected chi connectivity index (χ3v) is 8.64. The topological polar surface area (TPSA) is 90.2 Å². The van der Waals surface area contributed by atoms with Crippen molar-refractivity contribution in [1.29, 1.82) is 0 Å². The quantitative estimate of drug-likeness (QED) is 0.362. The number of fused-ring (bicyclic) bond motifs is 2. The van der Waals surface area contributed by atoms with Crippen molar-refractivity contribution >= 4 is 50.4 Å². The van der Waals surface area contributed by atoms with E-state index in [1.807, 2.05) is 57.2 Å². The van der Waals surface area contributed by atoms with E-state index in [2.05, 4.69) is 15.9 Å². The smallest absolute Gasteiger partial charge is 0.338 e. The molecule has 0 saturated heterocycles. The Hall–Kier alpha value is -3.50. The number of anilines is 1. The molecule has 0 saturated carbocycles. The number of nitrogens with zero attached hydrogens (tertiary/aromatic N) is 3. The first-order chi connectivity index (χ1) is 19.2. The number of methoxy groups -OCH3 is 1. The van der Waals surface area contributed by atoms with Crippen LogP contribution in [-0.4, -0.2) is 36.2 Å². The van der Waals surface area contributed by atoms with Gasteiger partial charge in [-0.25, -0.2) is 9.79 Å². The summed E-state index contributed by atoms with van der Waals surface area (Å²) in [6.07, 6.45) is 1.28. The predicted octanol–water partition coefficient (Wildman–Crippen LogP) is 4.47. The molecule has 5 rings (SSSR count). The number of allylic oxidation sites excluding steroid dienone is 1. The molecule has 1 aromatic heterocycles. The zero-order chi connectivity index (χ0) is 28.7. The number of ether oxygens (including phenoxy) is 2. The van der Waals surface area contributed by atoms with Crippen LogP contribution in [-0.2, 0) is 14.3 Å². The molecule has 2 aliphatic heterocycles. The van der Waals surface area contributed by atoms with Gasteiger partial charge < -0.3 is 14.4 Å². The molecular weight excluding hydrogens is 594 g/mol. The molecule has 40 heavy (non-hydrogen) atoms. The van der Waals surface area contributed by atoms with Crippen LogP contribution in [0.1, 0.15) is 57.7 Å². The Kier molecular flexibility index (Phi) is 7.83. The van der Waals surface area contributed by atoms with Crippen LogP contribution in [0.3, 0.4) is 0 Å². The molecule has 2 aliphatic rings. The molecule has 2 aromatic carbocycles. The first kappa shape index (κ1) is 28.0. The highest BCUT2D eigenvalue weighted by Gasteiger charge is 2.38. The van der Waals surface area contributed by atoms with Crippen LogP contribution in [0.15, 0.2) is 68.0 Å². The number of esters is 1. The maximum atomic E-state index is 14.3. The van der Waals surface area contributed by atoms with Crippen molar-refractivity contribution < 1.29 is 19.1 Å². The van der Waals surface area contributed by atoms with E-state index >= 15 is 0 Å². The lowest BCUT2D eigenvalue weighted by Gasteiger charge is -2.26. The van der Waals surface area contributed by atoms with Gasteiger partial charge in [0.25, 0.3) is 11.5 Å². The Morgan fingerprint density at radius 2 is 1.90 bits per heavy atom. The number of hydrogen-bond donors (Lipinski definition) is 0. The Morgan fingerprint density at radius 3 is 2.55 bits per heavy atom. The first-order valence-corrected chi connectivity index (χ1v) is 14.8. The third kappa shape index (κ3) is 4.53. The number of aromatic nitrogens is 1. The lowest BCUT2D eigenvalue weighted by Crippen LogP contribution is -2.41. The molecule has 208 valence electrons. The fourth-order valence-corrected chi connectivity index (χ4v) is 6.98. The summed E-state index contributed by atoms with van der Waals surface area (Å²) in [7, 11) is 1.57. The van der Waals surface area contributed by atoms with Crippen LogP contribution >= 0.6 is 27.3 Å². The van der Waals surface area contributed by atoms with E-state index in [0.717, 1.165) is 12.1 Å². The number of benzene rings is 2. The molecule has 0 unspecified atom stereocenters. The fraction of sp³-hybridized carbons (Fsp3) is 0.333. The summed E-state index contributed by atoms with van der Waals surface area (Å²) in [6, 6.07) is 12.1. The van der Waals surface area contributed by atoms with E-state index in [-0.39, 0.29) is 24.1 Å². The molecule has 0 aliphatic carbocycles. The van der Waals surface area contributed by atoms with Crippen molar-refractivity contribution in [2.75, 3.05) is 18.6 Å². The number of halogens is 1. The standard InChI is InChI=1S/C30H30BrN3O5S/c1-6-10-20-24(29(37)39-7-2)25(17-13-14-22(38-5)19(31)15-17)34-28(36)26(40-30(34)32-20)23-18-11-8-9-12-21(18)33(16(3)4)27(23)35/h8-9,11-16,25H,6-7,10H2,1-5H3/b26-23+/t25-/m0/s1. The number of rotatable bonds is 7. The predicted molar refractivity (Wildman–Crippen MR) is 158 cm³/mol. The average Bonchev–Trinajstić information content (AvgIpc) is 3.40. The minimum absolute atomic E-state index is 0.0918. The highest BCUT2D eigenvalue weighted by molar-refractivity contribution is 9.10. The first-order valence-electron chi connectivity index (χ1n) is 13.2. The van der Waals surface area contributed by atoms with Crippen LogP contribution in [0.5, 0.6) is 5.75 Å². The van der Waals surface area contributed by atoms with Crippen LogP contribution in [0.2, 0.25) is 0 Å². The van der Waals surface area contributed by atoms with Gasteiger partial charge in [-0.05, 0) is 66.9 Å². The Labute approximate surface area is 244 Å². The van der Waals surface area contributed by atoms with Gasteiger partial charge in [-0.2, -0.15) is 0 Å². The van der Waals surface area contributed by atoms with E-state index < -0.39 is 12.0 Å². The maximum Gasteiger partial charge on any atom is 0.338 e. The average molecular weight is 625 g/mol. The van der Waals surface area contributed by atoms with Gasteiger partial charge in [-0.15, -0.1) is 0 Å². The number of thiazole rings is 1. The molecule has 8 nitrogen and oxygen atoms in total. The fourth-order valence-electron chi connectivity index (χ4n) is 5.31. The highest BCUT2D eigenvalue weighted by Crippen LogP contribution is 2.38. The largest absolute Gasteiger partial charge is 0.496 e. The molecule has 0 fully saturated rings. The molecule has 3 heterocycles. The molecule has 10 heteroatoms. The van der Waals surface area contributed by atoms with Crippen LogP contribution in [0.25, 0.3) is 5.57 Å². The SMILES string of the molecule is CCCC1=C(C(=O)OCC)[C@H](c2ccc(OC)c(Br)c2)n2c(s/c(=C3/C(=O)N(C(C)C)c4ccccc43)c2=O)=N1. The normalized spacial score (nSPS) is 17.6. The molecule has 3 aromatic rings. The number of carbonyl (C=O) groups is 2. The van der Waals surface area contributed by atoms with Gasteiger partial charge in [0.05, 0.1) is 46.8 Å². The second-order valence-electron chi connectivity index (χ2n) is 9.79. The van der Waals surface area contributed by atoms with Gasteiger partial charge in [0.15, 0.2) is 4.80 Å². The molecule has 1 amide bonds. The number of para-hydroxylation sites is 1. The summed E-state index contributed by atoms with van der Waals surface area (Å²) in [4.78, 5) is 48.5. The van der Waals surface area contributed by atoms with Gasteiger partial charge in [-0.3, -0.25) is 14.2 Å². The lowest BCUT2D eigenvalue weighted by molar-refractivity contribution is -0.139. The maximum absolute atomic E-state index is 14.3. The van der Waals surface area contributed by atoms with Crippen LogP contribution < -0.4 is 24.5 Å². The van der Waals surface area contributed by atoms with E-state index in [4.69, 9.17) is 14.5 Å². The van der Waals surface area contributed by atoms with Gasteiger partial charge >= 0.3 is 5.97 Å². The number of hydrogen-bond acceptors (Lipinski definition) is 7. The summed E-state index contributed by atoms with van der Waals surface area (Å²) < 4.78 is 13.4. The zero-order valence-corrected chi connectivity index (χ0v) is 25.4.